The number of aliphatic hydroxyl groups is 2. The van der Waals surface area contributed by atoms with E-state index < -0.39 is 6.10 Å². The summed E-state index contributed by atoms with van der Waals surface area (Å²) in [5.74, 6) is 0. The van der Waals surface area contributed by atoms with Gasteiger partial charge >= 0.3 is 0 Å². The van der Waals surface area contributed by atoms with E-state index in [4.69, 9.17) is 5.11 Å². The molecule has 0 radical (unpaired) electrons. The lowest BCUT2D eigenvalue weighted by Crippen LogP contribution is -2.01. The number of hydrogen-bond donors (Lipinski definition) is 2. The van der Waals surface area contributed by atoms with Crippen LogP contribution in [-0.2, 0) is 0 Å². The van der Waals surface area contributed by atoms with E-state index in [1.165, 1.54) is 0 Å². The van der Waals surface area contributed by atoms with Gasteiger partial charge in [0.05, 0.1) is 6.61 Å². The van der Waals surface area contributed by atoms with Crippen molar-refractivity contribution in [2.45, 2.75) is 11.0 Å². The van der Waals surface area contributed by atoms with E-state index in [0.717, 1.165) is 10.5 Å². The molecular formula is C9H12O2S. The van der Waals surface area contributed by atoms with E-state index in [0.29, 0.717) is 0 Å². The average Bonchev–Trinajstić information content (AvgIpc) is 2.17. The largest absolute Gasteiger partial charge is 0.393 e. The fraction of sp³-hybridized carbons (Fsp3) is 0.333. The van der Waals surface area contributed by atoms with Crippen LogP contribution in [0.5, 0.6) is 0 Å². The van der Waals surface area contributed by atoms with Crippen LogP contribution in [0.15, 0.2) is 29.2 Å². The standard InChI is InChI=1S/C9H12O2S/c1-12-8-4-2-3-7(5-8)9(11)6-10/h2-5,9-11H,6H2,1H3. The van der Waals surface area contributed by atoms with Crippen LogP contribution in [0, 0.1) is 0 Å². The normalized spacial score (nSPS) is 12.9. The van der Waals surface area contributed by atoms with Gasteiger partial charge in [-0.1, -0.05) is 12.1 Å². The first kappa shape index (κ1) is 9.58. The van der Waals surface area contributed by atoms with Gasteiger partial charge in [0.1, 0.15) is 6.10 Å². The molecule has 66 valence electrons. The smallest absolute Gasteiger partial charge is 0.102 e. The van der Waals surface area contributed by atoms with Gasteiger partial charge in [-0.05, 0) is 24.0 Å². The number of aliphatic hydroxyl groups excluding tert-OH is 2. The van der Waals surface area contributed by atoms with Crippen LogP contribution in [0.25, 0.3) is 0 Å². The first-order chi connectivity index (χ1) is 5.77. The molecule has 1 aromatic carbocycles. The Balaban J connectivity index is 2.86. The molecule has 0 fully saturated rings. The summed E-state index contributed by atoms with van der Waals surface area (Å²) in [5.41, 5.74) is 0.768. The van der Waals surface area contributed by atoms with Gasteiger partial charge in [-0.15, -0.1) is 11.8 Å². The maximum atomic E-state index is 9.29. The molecular weight excluding hydrogens is 172 g/mol. The van der Waals surface area contributed by atoms with Crippen LogP contribution >= 0.6 is 11.8 Å². The van der Waals surface area contributed by atoms with Crippen molar-refractivity contribution in [2.75, 3.05) is 12.9 Å². The van der Waals surface area contributed by atoms with Crippen LogP contribution in [0.1, 0.15) is 11.7 Å². The molecule has 0 aliphatic rings. The molecule has 0 spiro atoms. The molecule has 0 heterocycles. The molecule has 1 unspecified atom stereocenters. The molecule has 0 aliphatic carbocycles. The van der Waals surface area contributed by atoms with Crippen LogP contribution in [0.2, 0.25) is 0 Å². The highest BCUT2D eigenvalue weighted by Crippen LogP contribution is 2.19. The van der Waals surface area contributed by atoms with Crippen molar-refractivity contribution in [1.29, 1.82) is 0 Å². The lowest BCUT2D eigenvalue weighted by molar-refractivity contribution is 0.0954. The monoisotopic (exact) mass is 184 g/mol. The van der Waals surface area contributed by atoms with Gasteiger partial charge in [-0.25, -0.2) is 0 Å². The van der Waals surface area contributed by atoms with Gasteiger partial charge in [0.25, 0.3) is 0 Å². The fourth-order valence-electron chi connectivity index (χ4n) is 0.954. The summed E-state index contributed by atoms with van der Waals surface area (Å²) in [6.07, 6.45) is 1.22. The van der Waals surface area contributed by atoms with E-state index in [-0.39, 0.29) is 6.61 Å². The third-order valence-electron chi connectivity index (χ3n) is 1.65. The Morgan fingerprint density at radius 1 is 1.50 bits per heavy atom. The lowest BCUT2D eigenvalue weighted by Gasteiger charge is -2.07. The van der Waals surface area contributed by atoms with Crippen molar-refractivity contribution in [3.8, 4) is 0 Å². The van der Waals surface area contributed by atoms with Gasteiger partial charge in [0, 0.05) is 4.90 Å². The first-order valence-corrected chi connectivity index (χ1v) is 4.93. The van der Waals surface area contributed by atoms with Gasteiger partial charge in [0.15, 0.2) is 0 Å². The summed E-state index contributed by atoms with van der Waals surface area (Å²) in [4.78, 5) is 1.10. The number of rotatable bonds is 3. The Morgan fingerprint density at radius 3 is 2.83 bits per heavy atom. The topological polar surface area (TPSA) is 40.5 Å². The second kappa shape index (κ2) is 4.50. The van der Waals surface area contributed by atoms with E-state index in [9.17, 15) is 5.11 Å². The van der Waals surface area contributed by atoms with E-state index >= 15 is 0 Å². The van der Waals surface area contributed by atoms with E-state index in [1.54, 1.807) is 17.8 Å². The van der Waals surface area contributed by atoms with Gasteiger partial charge in [-0.2, -0.15) is 0 Å². The molecule has 1 atom stereocenters. The van der Waals surface area contributed by atoms with Crippen molar-refractivity contribution in [3.05, 3.63) is 29.8 Å². The molecule has 1 aromatic rings. The molecule has 1 rings (SSSR count). The first-order valence-electron chi connectivity index (χ1n) is 3.71. The Hall–Kier alpha value is -0.510. The molecule has 12 heavy (non-hydrogen) atoms. The minimum Gasteiger partial charge on any atom is -0.393 e. The second-order valence-electron chi connectivity index (χ2n) is 2.47. The Kier molecular flexibility index (Phi) is 3.59. The Bertz CT molecular complexity index is 250. The molecule has 3 heteroatoms. The highest BCUT2D eigenvalue weighted by molar-refractivity contribution is 7.98. The quantitative estimate of drug-likeness (QED) is 0.698. The number of benzene rings is 1. The Labute approximate surface area is 76.2 Å². The van der Waals surface area contributed by atoms with Crippen molar-refractivity contribution in [1.82, 2.24) is 0 Å². The summed E-state index contributed by atoms with van der Waals surface area (Å²) in [5, 5.41) is 18.0. The second-order valence-corrected chi connectivity index (χ2v) is 3.35. The molecule has 0 bridgehead atoms. The summed E-state index contributed by atoms with van der Waals surface area (Å²) >= 11 is 1.62. The molecule has 2 N–H and O–H groups in total. The van der Waals surface area contributed by atoms with E-state index in [1.807, 2.05) is 24.5 Å². The van der Waals surface area contributed by atoms with Crippen LogP contribution in [0.4, 0.5) is 0 Å². The summed E-state index contributed by atoms with van der Waals surface area (Å²) in [7, 11) is 0. The highest BCUT2D eigenvalue weighted by atomic mass is 32.2. The minimum atomic E-state index is -0.753. The van der Waals surface area contributed by atoms with Crippen LogP contribution < -0.4 is 0 Å². The maximum Gasteiger partial charge on any atom is 0.102 e. The Morgan fingerprint density at radius 2 is 2.25 bits per heavy atom. The maximum absolute atomic E-state index is 9.29. The fourth-order valence-corrected chi connectivity index (χ4v) is 1.42. The van der Waals surface area contributed by atoms with Gasteiger partial charge in [-0.3, -0.25) is 0 Å². The third kappa shape index (κ3) is 2.24. The molecule has 0 aromatic heterocycles. The summed E-state index contributed by atoms with van der Waals surface area (Å²) in [6, 6.07) is 7.53. The number of thioether (sulfide) groups is 1. The van der Waals surface area contributed by atoms with Crippen LogP contribution in [0.3, 0.4) is 0 Å². The van der Waals surface area contributed by atoms with Crippen LogP contribution in [-0.4, -0.2) is 23.1 Å². The molecule has 0 saturated heterocycles. The molecule has 2 nitrogen and oxygen atoms in total. The zero-order valence-corrected chi connectivity index (χ0v) is 7.71. The summed E-state index contributed by atoms with van der Waals surface area (Å²) in [6.45, 7) is -0.224. The van der Waals surface area contributed by atoms with Crippen molar-refractivity contribution < 1.29 is 10.2 Å². The highest BCUT2D eigenvalue weighted by Gasteiger charge is 2.04. The van der Waals surface area contributed by atoms with Gasteiger partial charge < -0.3 is 10.2 Å². The third-order valence-corrected chi connectivity index (χ3v) is 2.38. The van der Waals surface area contributed by atoms with Crippen molar-refractivity contribution in [3.63, 3.8) is 0 Å². The zero-order valence-electron chi connectivity index (χ0n) is 6.90. The zero-order chi connectivity index (χ0) is 8.97. The minimum absolute atomic E-state index is 0.224. The predicted octanol–water partition coefficient (Wildman–Crippen LogP) is 1.43. The molecule has 0 aliphatic heterocycles. The predicted molar refractivity (Wildman–Crippen MR) is 50.3 cm³/mol. The van der Waals surface area contributed by atoms with Crippen molar-refractivity contribution in [2.24, 2.45) is 0 Å². The molecule has 0 saturated carbocycles. The van der Waals surface area contributed by atoms with Crippen molar-refractivity contribution >= 4 is 11.8 Å². The molecule has 0 amide bonds. The summed E-state index contributed by atoms with van der Waals surface area (Å²) < 4.78 is 0. The average molecular weight is 184 g/mol. The number of hydrogen-bond acceptors (Lipinski definition) is 3. The van der Waals surface area contributed by atoms with Gasteiger partial charge in [0.2, 0.25) is 0 Å². The SMILES string of the molecule is CSc1cccc(C(O)CO)c1. The lowest BCUT2D eigenvalue weighted by atomic mass is 10.1. The van der Waals surface area contributed by atoms with E-state index in [2.05, 4.69) is 0 Å².